The topological polar surface area (TPSA) is 35.8 Å². The van der Waals surface area contributed by atoms with Crippen molar-refractivity contribution >= 4 is 11.8 Å². The molecule has 0 aliphatic rings. The molecule has 108 valence electrons. The summed E-state index contributed by atoms with van der Waals surface area (Å²) in [7, 11) is 1.85. The molecule has 0 aliphatic carbocycles. The van der Waals surface area contributed by atoms with Crippen LogP contribution >= 0.6 is 11.8 Å². The molecule has 0 saturated heterocycles. The van der Waals surface area contributed by atoms with Crippen LogP contribution in [0.2, 0.25) is 0 Å². The molecule has 1 N–H and O–H groups in total. The van der Waals surface area contributed by atoms with Gasteiger partial charge in [0.1, 0.15) is 5.54 Å². The van der Waals surface area contributed by atoms with Gasteiger partial charge in [0, 0.05) is 10.6 Å². The Kier molecular flexibility index (Phi) is 5.06. The first-order chi connectivity index (χ1) is 10.1. The van der Waals surface area contributed by atoms with E-state index in [9.17, 15) is 5.26 Å². The molecule has 0 aliphatic heterocycles. The van der Waals surface area contributed by atoms with Crippen LogP contribution in [0.1, 0.15) is 16.7 Å². The molecule has 0 fully saturated rings. The minimum Gasteiger partial charge on any atom is -0.298 e. The Bertz CT molecular complexity index is 646. The number of hydrogen-bond donors (Lipinski definition) is 1. The lowest BCUT2D eigenvalue weighted by Gasteiger charge is -2.26. The van der Waals surface area contributed by atoms with Crippen molar-refractivity contribution in [1.29, 1.82) is 5.26 Å². The van der Waals surface area contributed by atoms with Crippen LogP contribution in [-0.2, 0) is 5.54 Å². The molecule has 0 aromatic heterocycles. The van der Waals surface area contributed by atoms with E-state index >= 15 is 0 Å². The summed E-state index contributed by atoms with van der Waals surface area (Å²) < 4.78 is 0. The Hall–Kier alpha value is -1.76. The van der Waals surface area contributed by atoms with E-state index in [2.05, 4.69) is 43.4 Å². The molecular weight excluding hydrogens is 276 g/mol. The first kappa shape index (κ1) is 15.6. The zero-order valence-corrected chi connectivity index (χ0v) is 13.5. The van der Waals surface area contributed by atoms with Gasteiger partial charge in [0.25, 0.3) is 0 Å². The van der Waals surface area contributed by atoms with Gasteiger partial charge in [-0.05, 0) is 38.1 Å². The van der Waals surface area contributed by atoms with E-state index in [1.165, 1.54) is 16.0 Å². The van der Waals surface area contributed by atoms with Crippen molar-refractivity contribution in [3.05, 3.63) is 65.2 Å². The maximum atomic E-state index is 9.71. The fourth-order valence-electron chi connectivity index (χ4n) is 2.22. The SMILES string of the molecule is CNC(C#N)(CSc1cc(C)ccc1C)c1ccccc1. The van der Waals surface area contributed by atoms with E-state index in [1.54, 1.807) is 11.8 Å². The molecule has 2 nitrogen and oxygen atoms in total. The highest BCUT2D eigenvalue weighted by molar-refractivity contribution is 7.99. The summed E-state index contributed by atoms with van der Waals surface area (Å²) in [5, 5.41) is 12.9. The summed E-state index contributed by atoms with van der Waals surface area (Å²) >= 11 is 1.73. The Morgan fingerprint density at radius 2 is 1.86 bits per heavy atom. The average molecular weight is 296 g/mol. The molecule has 2 aromatic carbocycles. The predicted octanol–water partition coefficient (Wildman–Crippen LogP) is 4.03. The van der Waals surface area contributed by atoms with Crippen LogP contribution in [0.4, 0.5) is 0 Å². The standard InChI is InChI=1S/C18H20N2S/c1-14-9-10-15(2)17(11-14)21-13-18(12-19,20-3)16-7-5-4-6-8-16/h4-11,20H,13H2,1-3H3. The molecule has 0 bridgehead atoms. The van der Waals surface area contributed by atoms with Crippen molar-refractivity contribution in [2.75, 3.05) is 12.8 Å². The summed E-state index contributed by atoms with van der Waals surface area (Å²) in [5.74, 6) is 0.675. The van der Waals surface area contributed by atoms with Crippen LogP contribution in [0.3, 0.4) is 0 Å². The van der Waals surface area contributed by atoms with E-state index in [-0.39, 0.29) is 0 Å². The van der Waals surface area contributed by atoms with E-state index in [1.807, 2.05) is 37.4 Å². The third-order valence-corrected chi connectivity index (χ3v) is 5.00. The second-order valence-electron chi connectivity index (χ2n) is 5.19. The second kappa shape index (κ2) is 6.80. The molecule has 21 heavy (non-hydrogen) atoms. The highest BCUT2D eigenvalue weighted by Gasteiger charge is 2.30. The highest BCUT2D eigenvalue weighted by atomic mass is 32.2. The van der Waals surface area contributed by atoms with Gasteiger partial charge in [0.15, 0.2) is 0 Å². The van der Waals surface area contributed by atoms with Gasteiger partial charge < -0.3 is 0 Å². The van der Waals surface area contributed by atoms with Crippen LogP contribution in [-0.4, -0.2) is 12.8 Å². The predicted molar refractivity (Wildman–Crippen MR) is 89.4 cm³/mol. The summed E-state index contributed by atoms with van der Waals surface area (Å²) in [6.45, 7) is 4.20. The third kappa shape index (κ3) is 3.47. The number of aryl methyl sites for hydroxylation is 2. The lowest BCUT2D eigenvalue weighted by atomic mass is 9.94. The first-order valence-corrected chi connectivity index (χ1v) is 7.95. The molecule has 0 radical (unpaired) electrons. The minimum atomic E-state index is -0.665. The van der Waals surface area contributed by atoms with Crippen LogP contribution in [0.25, 0.3) is 0 Å². The van der Waals surface area contributed by atoms with Crippen molar-refractivity contribution < 1.29 is 0 Å². The van der Waals surface area contributed by atoms with Crippen LogP contribution in [0.5, 0.6) is 0 Å². The fourth-order valence-corrected chi connectivity index (χ4v) is 3.54. The average Bonchev–Trinajstić information content (AvgIpc) is 2.53. The molecule has 0 heterocycles. The van der Waals surface area contributed by atoms with E-state index < -0.39 is 5.54 Å². The number of benzene rings is 2. The van der Waals surface area contributed by atoms with E-state index in [4.69, 9.17) is 0 Å². The van der Waals surface area contributed by atoms with E-state index in [0.29, 0.717) is 5.75 Å². The van der Waals surface area contributed by atoms with Crippen LogP contribution < -0.4 is 5.32 Å². The Morgan fingerprint density at radius 1 is 1.14 bits per heavy atom. The Labute approximate surface area is 131 Å². The van der Waals surface area contributed by atoms with Gasteiger partial charge >= 0.3 is 0 Å². The monoisotopic (exact) mass is 296 g/mol. The third-order valence-electron chi connectivity index (χ3n) is 3.67. The molecule has 0 saturated carbocycles. The number of nitrogens with zero attached hydrogens (tertiary/aromatic N) is 1. The highest BCUT2D eigenvalue weighted by Crippen LogP contribution is 2.31. The van der Waals surface area contributed by atoms with Gasteiger partial charge in [-0.3, -0.25) is 5.32 Å². The van der Waals surface area contributed by atoms with Crippen molar-refractivity contribution in [1.82, 2.24) is 5.32 Å². The van der Waals surface area contributed by atoms with Gasteiger partial charge in [-0.1, -0.05) is 48.0 Å². The van der Waals surface area contributed by atoms with Crippen LogP contribution in [0.15, 0.2) is 53.4 Å². The summed E-state index contributed by atoms with van der Waals surface area (Å²) in [6, 6.07) is 18.8. The van der Waals surface area contributed by atoms with Gasteiger partial charge in [-0.15, -0.1) is 11.8 Å². The molecule has 1 atom stereocenters. The molecular formula is C18H20N2S. The van der Waals surface area contributed by atoms with Crippen LogP contribution in [0, 0.1) is 25.2 Å². The fraction of sp³-hybridized carbons (Fsp3) is 0.278. The van der Waals surface area contributed by atoms with E-state index in [0.717, 1.165) is 5.56 Å². The normalized spacial score (nSPS) is 13.4. The number of nitriles is 1. The Morgan fingerprint density at radius 3 is 2.48 bits per heavy atom. The Balaban J connectivity index is 2.26. The molecule has 2 aromatic rings. The number of rotatable bonds is 5. The van der Waals surface area contributed by atoms with Crippen molar-refractivity contribution in [3.63, 3.8) is 0 Å². The lowest BCUT2D eigenvalue weighted by molar-refractivity contribution is 0.528. The smallest absolute Gasteiger partial charge is 0.141 e. The molecule has 1 unspecified atom stereocenters. The first-order valence-electron chi connectivity index (χ1n) is 6.97. The van der Waals surface area contributed by atoms with Gasteiger partial charge in [-0.2, -0.15) is 5.26 Å². The maximum Gasteiger partial charge on any atom is 0.141 e. The quantitative estimate of drug-likeness (QED) is 0.846. The molecule has 0 amide bonds. The second-order valence-corrected chi connectivity index (χ2v) is 6.21. The van der Waals surface area contributed by atoms with Gasteiger partial charge in [0.05, 0.1) is 6.07 Å². The summed E-state index contributed by atoms with van der Waals surface area (Å²) in [5.41, 5.74) is 2.84. The molecule has 2 rings (SSSR count). The number of hydrogen-bond acceptors (Lipinski definition) is 3. The zero-order chi connectivity index (χ0) is 15.3. The summed E-state index contributed by atoms with van der Waals surface area (Å²) in [4.78, 5) is 1.24. The van der Waals surface area contributed by atoms with Crippen molar-refractivity contribution in [3.8, 4) is 6.07 Å². The van der Waals surface area contributed by atoms with Crippen molar-refractivity contribution in [2.24, 2.45) is 0 Å². The minimum absolute atomic E-state index is 0.665. The maximum absolute atomic E-state index is 9.71. The molecule has 0 spiro atoms. The largest absolute Gasteiger partial charge is 0.298 e. The van der Waals surface area contributed by atoms with Gasteiger partial charge in [0.2, 0.25) is 0 Å². The lowest BCUT2D eigenvalue weighted by Crippen LogP contribution is -2.41. The zero-order valence-electron chi connectivity index (χ0n) is 12.7. The van der Waals surface area contributed by atoms with Gasteiger partial charge in [-0.25, -0.2) is 0 Å². The van der Waals surface area contributed by atoms with Crippen molar-refractivity contribution in [2.45, 2.75) is 24.3 Å². The number of nitrogens with one attached hydrogen (secondary N) is 1. The molecule has 3 heteroatoms. The number of thioether (sulfide) groups is 1. The summed E-state index contributed by atoms with van der Waals surface area (Å²) in [6.07, 6.45) is 0.